The Bertz CT molecular complexity index is 552. The van der Waals surface area contributed by atoms with E-state index in [1.54, 1.807) is 0 Å². The van der Waals surface area contributed by atoms with Gasteiger partial charge >= 0.3 is 41.5 Å². The molecule has 0 aromatic rings. The number of carboxylic acids is 1. The third-order valence-electron chi connectivity index (χ3n) is 5.22. The minimum absolute atomic E-state index is 0. The van der Waals surface area contributed by atoms with Crippen LogP contribution in [0.5, 0.6) is 0 Å². The fourth-order valence-corrected chi connectivity index (χ4v) is 4.05. The van der Waals surface area contributed by atoms with Gasteiger partial charge in [0.15, 0.2) is 5.25 Å². The van der Waals surface area contributed by atoms with E-state index in [4.69, 9.17) is 14.4 Å². The fourth-order valence-electron chi connectivity index (χ4n) is 3.38. The third kappa shape index (κ3) is 21.5. The molecule has 31 heavy (non-hydrogen) atoms. The van der Waals surface area contributed by atoms with Crippen molar-refractivity contribution in [1.29, 1.82) is 0 Å². The van der Waals surface area contributed by atoms with E-state index in [1.807, 2.05) is 0 Å². The SMILES string of the molecule is CCCCCCCCCCCCCCCCCCOC(=O)C(CC(=O)O)S(=O)(=O)O.[NaH]. The Morgan fingerprint density at radius 3 is 1.42 bits per heavy atom. The predicted molar refractivity (Wildman–Crippen MR) is 125 cm³/mol. The van der Waals surface area contributed by atoms with Gasteiger partial charge in [0.1, 0.15) is 0 Å². The molecule has 0 rings (SSSR count). The van der Waals surface area contributed by atoms with E-state index >= 15 is 0 Å². The summed E-state index contributed by atoms with van der Waals surface area (Å²) < 4.78 is 35.9. The molecule has 0 heterocycles. The number of esters is 1. The van der Waals surface area contributed by atoms with E-state index in [0.29, 0.717) is 6.42 Å². The second kappa shape index (κ2) is 21.7. The van der Waals surface area contributed by atoms with Crippen molar-refractivity contribution in [3.63, 3.8) is 0 Å². The van der Waals surface area contributed by atoms with Gasteiger partial charge in [-0.05, 0) is 6.42 Å². The molecule has 7 nitrogen and oxygen atoms in total. The first-order valence-electron chi connectivity index (χ1n) is 11.6. The molecule has 1 atom stereocenters. The van der Waals surface area contributed by atoms with Crippen LogP contribution in [0.15, 0.2) is 0 Å². The number of rotatable bonds is 21. The van der Waals surface area contributed by atoms with Crippen molar-refractivity contribution in [1.82, 2.24) is 0 Å². The maximum absolute atomic E-state index is 11.7. The van der Waals surface area contributed by atoms with Crippen molar-refractivity contribution in [3.05, 3.63) is 0 Å². The number of carbonyl (C=O) groups is 2. The Labute approximate surface area is 211 Å². The summed E-state index contributed by atoms with van der Waals surface area (Å²) in [5, 5.41) is 6.57. The Balaban J connectivity index is 0. The Morgan fingerprint density at radius 2 is 1.10 bits per heavy atom. The summed E-state index contributed by atoms with van der Waals surface area (Å²) in [7, 11) is -4.79. The molecule has 0 aliphatic heterocycles. The molecule has 0 fully saturated rings. The molecule has 0 aromatic heterocycles. The van der Waals surface area contributed by atoms with Gasteiger partial charge in [0.05, 0.1) is 13.0 Å². The summed E-state index contributed by atoms with van der Waals surface area (Å²) in [6, 6.07) is 0. The molecule has 0 aliphatic carbocycles. The topological polar surface area (TPSA) is 118 Å². The van der Waals surface area contributed by atoms with Crippen LogP contribution >= 0.6 is 0 Å². The van der Waals surface area contributed by atoms with Gasteiger partial charge in [-0.3, -0.25) is 14.1 Å². The van der Waals surface area contributed by atoms with Crippen molar-refractivity contribution < 1.29 is 32.4 Å². The van der Waals surface area contributed by atoms with Crippen LogP contribution in [0.2, 0.25) is 0 Å². The molecule has 0 aliphatic rings. The summed E-state index contributed by atoms with van der Waals surface area (Å²) in [6.45, 7) is 2.27. The van der Waals surface area contributed by atoms with Crippen LogP contribution in [-0.4, -0.2) is 71.4 Å². The van der Waals surface area contributed by atoms with E-state index in [9.17, 15) is 18.0 Å². The molecule has 0 saturated heterocycles. The van der Waals surface area contributed by atoms with Crippen molar-refractivity contribution in [2.45, 2.75) is 121 Å². The predicted octanol–water partition coefficient (Wildman–Crippen LogP) is 4.87. The zero-order valence-corrected chi connectivity index (χ0v) is 19.5. The van der Waals surface area contributed by atoms with E-state index in [2.05, 4.69) is 6.92 Å². The number of ether oxygens (including phenoxy) is 1. The Hall–Kier alpha value is -0.150. The number of hydrogen-bond donors (Lipinski definition) is 2. The number of aliphatic carboxylic acids is 1. The molecule has 0 amide bonds. The van der Waals surface area contributed by atoms with Crippen molar-refractivity contribution in [2.75, 3.05) is 6.61 Å². The zero-order chi connectivity index (χ0) is 22.7. The number of carbonyl (C=O) groups excluding carboxylic acids is 1. The summed E-state index contributed by atoms with van der Waals surface area (Å²) in [5.41, 5.74) is 0. The van der Waals surface area contributed by atoms with Gasteiger partial charge in [-0.25, -0.2) is 0 Å². The molecule has 0 spiro atoms. The van der Waals surface area contributed by atoms with Crippen LogP contribution in [0.4, 0.5) is 0 Å². The van der Waals surface area contributed by atoms with E-state index in [1.165, 1.54) is 77.0 Å². The van der Waals surface area contributed by atoms with Crippen LogP contribution in [0.1, 0.15) is 116 Å². The molecular formula is C22H43NaO7S. The van der Waals surface area contributed by atoms with Gasteiger partial charge in [-0.1, -0.05) is 103 Å². The van der Waals surface area contributed by atoms with Gasteiger partial charge in [0, 0.05) is 0 Å². The number of unbranched alkanes of at least 4 members (excludes halogenated alkanes) is 15. The van der Waals surface area contributed by atoms with Crippen molar-refractivity contribution in [3.8, 4) is 0 Å². The first-order chi connectivity index (χ1) is 14.3. The fraction of sp³-hybridized carbons (Fsp3) is 0.909. The van der Waals surface area contributed by atoms with Gasteiger partial charge < -0.3 is 9.84 Å². The molecule has 0 radical (unpaired) electrons. The average molecular weight is 475 g/mol. The third-order valence-corrected chi connectivity index (χ3v) is 6.30. The molecule has 180 valence electrons. The molecule has 1 unspecified atom stereocenters. The molecule has 0 saturated carbocycles. The van der Waals surface area contributed by atoms with Crippen LogP contribution in [0.25, 0.3) is 0 Å². The quantitative estimate of drug-likeness (QED) is 0.105. The molecule has 0 bridgehead atoms. The van der Waals surface area contributed by atoms with Crippen LogP contribution in [0, 0.1) is 0 Å². The van der Waals surface area contributed by atoms with Crippen molar-refractivity contribution in [2.24, 2.45) is 0 Å². The van der Waals surface area contributed by atoms with Gasteiger partial charge in [0.2, 0.25) is 0 Å². The van der Waals surface area contributed by atoms with E-state index < -0.39 is 33.7 Å². The standard InChI is InChI=1S/C22H42O7S.Na.H/c1-2-3-4-5-6-7-8-9-10-11-12-13-14-15-16-17-18-29-22(25)20(19-21(23)24)30(26,27)28;;/h20H,2-19H2,1H3,(H,23,24)(H,26,27,28);;. The molecule has 0 aromatic carbocycles. The minimum atomic E-state index is -4.79. The summed E-state index contributed by atoms with van der Waals surface area (Å²) in [6.07, 6.45) is 18.5. The average Bonchev–Trinajstić information content (AvgIpc) is 2.67. The Morgan fingerprint density at radius 1 is 0.742 bits per heavy atom. The van der Waals surface area contributed by atoms with E-state index in [-0.39, 0.29) is 36.2 Å². The summed E-state index contributed by atoms with van der Waals surface area (Å²) in [4.78, 5) is 22.3. The van der Waals surface area contributed by atoms with Gasteiger partial charge in [-0.2, -0.15) is 8.42 Å². The summed E-state index contributed by atoms with van der Waals surface area (Å²) >= 11 is 0. The second-order valence-corrected chi connectivity index (χ2v) is 9.67. The first-order valence-corrected chi connectivity index (χ1v) is 13.1. The van der Waals surface area contributed by atoms with Gasteiger partial charge in [-0.15, -0.1) is 0 Å². The van der Waals surface area contributed by atoms with Gasteiger partial charge in [0.25, 0.3) is 10.1 Å². The van der Waals surface area contributed by atoms with Crippen molar-refractivity contribution >= 4 is 51.6 Å². The first kappa shape index (κ1) is 33.0. The molecular weight excluding hydrogens is 431 g/mol. The van der Waals surface area contributed by atoms with E-state index in [0.717, 1.165) is 19.3 Å². The molecule has 9 heteroatoms. The monoisotopic (exact) mass is 474 g/mol. The normalized spacial score (nSPS) is 12.2. The van der Waals surface area contributed by atoms with Crippen LogP contribution < -0.4 is 0 Å². The molecule has 2 N–H and O–H groups in total. The number of carboxylic acid groups (broad SMARTS) is 1. The summed E-state index contributed by atoms with van der Waals surface area (Å²) in [5.74, 6) is -2.70. The maximum atomic E-state index is 11.7. The van der Waals surface area contributed by atoms with Crippen LogP contribution in [-0.2, 0) is 24.4 Å². The Kier molecular flexibility index (Phi) is 23.1. The zero-order valence-electron chi connectivity index (χ0n) is 18.6. The van der Waals surface area contributed by atoms with Crippen LogP contribution in [0.3, 0.4) is 0 Å². The second-order valence-electron chi connectivity index (χ2n) is 8.07. The number of hydrogen-bond acceptors (Lipinski definition) is 5.